The maximum Gasteiger partial charge on any atom is 0.197 e. The van der Waals surface area contributed by atoms with E-state index < -0.39 is 0 Å². The number of carbonyl (C=O) groups is 2. The molecule has 0 heterocycles. The Labute approximate surface area is 238 Å². The van der Waals surface area contributed by atoms with Gasteiger partial charge in [-0.15, -0.1) is 0 Å². The monoisotopic (exact) mass is 527 g/mol. The van der Waals surface area contributed by atoms with Gasteiger partial charge in [-0.2, -0.15) is 0 Å². The van der Waals surface area contributed by atoms with Gasteiger partial charge in [-0.05, 0) is 76.0 Å². The van der Waals surface area contributed by atoms with Crippen LogP contribution in [0.3, 0.4) is 0 Å². The van der Waals surface area contributed by atoms with Crippen molar-refractivity contribution in [2.24, 2.45) is 0 Å². The van der Waals surface area contributed by atoms with Gasteiger partial charge >= 0.3 is 0 Å². The van der Waals surface area contributed by atoms with Crippen molar-refractivity contribution in [2.75, 3.05) is 4.90 Å². The highest BCUT2D eigenvalue weighted by molar-refractivity contribution is 6.41. The molecule has 3 nitrogen and oxygen atoms in total. The van der Waals surface area contributed by atoms with Gasteiger partial charge in [0.1, 0.15) is 0 Å². The maximum atomic E-state index is 12.9. The molecule has 0 N–H and O–H groups in total. The number of benzene rings is 6. The predicted molar refractivity (Wildman–Crippen MR) is 167 cm³/mol. The van der Waals surface area contributed by atoms with Crippen LogP contribution in [0.2, 0.25) is 0 Å². The van der Waals surface area contributed by atoms with Gasteiger partial charge < -0.3 is 4.90 Å². The second-order valence-electron chi connectivity index (χ2n) is 10.1. The molecular weight excluding hydrogens is 502 g/mol. The molecule has 0 radical (unpaired) electrons. The summed E-state index contributed by atoms with van der Waals surface area (Å²) in [7, 11) is 0. The molecule has 0 atom stereocenters. The Bertz CT molecular complexity index is 1920. The van der Waals surface area contributed by atoms with E-state index in [1.54, 1.807) is 30.3 Å². The summed E-state index contributed by atoms with van der Waals surface area (Å²) in [6.45, 7) is 0. The second-order valence-corrected chi connectivity index (χ2v) is 10.1. The van der Waals surface area contributed by atoms with E-state index in [1.165, 1.54) is 11.1 Å². The zero-order chi connectivity index (χ0) is 27.8. The molecule has 194 valence electrons. The lowest BCUT2D eigenvalue weighted by molar-refractivity contribution is 0.0990. The number of anilines is 3. The van der Waals surface area contributed by atoms with Crippen molar-refractivity contribution >= 4 is 45.5 Å². The Hall–Kier alpha value is -5.54. The number of para-hydroxylation sites is 1. The van der Waals surface area contributed by atoms with Gasteiger partial charge in [-0.3, -0.25) is 9.59 Å². The Morgan fingerprint density at radius 3 is 1.63 bits per heavy atom. The van der Waals surface area contributed by atoms with E-state index in [4.69, 9.17) is 0 Å². The van der Waals surface area contributed by atoms with Crippen molar-refractivity contribution in [3.05, 3.63) is 168 Å². The Balaban J connectivity index is 1.24. The van der Waals surface area contributed by atoms with Crippen LogP contribution in [0.4, 0.5) is 17.1 Å². The summed E-state index contributed by atoms with van der Waals surface area (Å²) < 4.78 is 0. The van der Waals surface area contributed by atoms with E-state index >= 15 is 0 Å². The molecule has 0 bridgehead atoms. The first-order chi connectivity index (χ1) is 20.2. The lowest BCUT2D eigenvalue weighted by Crippen LogP contribution is -2.09. The summed E-state index contributed by atoms with van der Waals surface area (Å²) in [5.41, 5.74) is 7.53. The molecule has 0 saturated carbocycles. The van der Waals surface area contributed by atoms with Crippen LogP contribution in [0.5, 0.6) is 0 Å². The number of nitrogens with zero attached hydrogens (tertiary/aromatic N) is 1. The Kier molecular flexibility index (Phi) is 6.10. The third-order valence-corrected chi connectivity index (χ3v) is 7.57. The Morgan fingerprint density at radius 1 is 0.439 bits per heavy atom. The zero-order valence-corrected chi connectivity index (χ0v) is 22.2. The highest BCUT2D eigenvalue weighted by atomic mass is 16.2. The number of carbonyl (C=O) groups excluding carboxylic acids is 2. The van der Waals surface area contributed by atoms with Crippen molar-refractivity contribution in [1.82, 2.24) is 0 Å². The first-order valence-electron chi connectivity index (χ1n) is 13.6. The van der Waals surface area contributed by atoms with Crippen molar-refractivity contribution in [2.45, 2.75) is 0 Å². The number of ketones is 2. The smallest absolute Gasteiger partial charge is 0.197 e. The Morgan fingerprint density at radius 2 is 0.951 bits per heavy atom. The fourth-order valence-corrected chi connectivity index (χ4v) is 5.51. The minimum Gasteiger partial charge on any atom is -0.310 e. The summed E-state index contributed by atoms with van der Waals surface area (Å²) in [5.74, 6) is -0.421. The number of hydrogen-bond acceptors (Lipinski definition) is 3. The zero-order valence-electron chi connectivity index (χ0n) is 22.2. The molecule has 6 aromatic carbocycles. The SMILES string of the molecule is O=C1C(=Cc2ccc3cc(N(c4ccccc4)c4ccc(-c5ccccc5)cc4)ccc3c2)C(=O)c2ccccc21. The van der Waals surface area contributed by atoms with Crippen LogP contribution in [0, 0.1) is 0 Å². The summed E-state index contributed by atoms with van der Waals surface area (Å²) in [6.07, 6.45) is 1.71. The molecule has 0 spiro atoms. The molecule has 0 aliphatic heterocycles. The van der Waals surface area contributed by atoms with E-state index in [2.05, 4.69) is 83.8 Å². The van der Waals surface area contributed by atoms with Crippen LogP contribution in [0.1, 0.15) is 26.3 Å². The summed E-state index contributed by atoms with van der Waals surface area (Å²) in [6, 6.07) is 48.8. The number of hydrogen-bond donors (Lipinski definition) is 0. The molecule has 1 aliphatic carbocycles. The van der Waals surface area contributed by atoms with Crippen LogP contribution in [0.25, 0.3) is 28.0 Å². The second kappa shape index (κ2) is 10.2. The van der Waals surface area contributed by atoms with E-state index in [0.717, 1.165) is 33.4 Å². The van der Waals surface area contributed by atoms with Gasteiger partial charge in [-0.1, -0.05) is 103 Å². The van der Waals surface area contributed by atoms with Gasteiger partial charge in [0.25, 0.3) is 0 Å². The average Bonchev–Trinajstić information content (AvgIpc) is 3.27. The normalized spacial score (nSPS) is 12.4. The van der Waals surface area contributed by atoms with Crippen molar-refractivity contribution in [3.8, 4) is 11.1 Å². The van der Waals surface area contributed by atoms with Crippen LogP contribution in [0.15, 0.2) is 151 Å². The van der Waals surface area contributed by atoms with Gasteiger partial charge in [0.15, 0.2) is 11.6 Å². The number of fused-ring (bicyclic) bond motifs is 2. The fraction of sp³-hybridized carbons (Fsp3) is 0. The third kappa shape index (κ3) is 4.54. The molecule has 7 rings (SSSR count). The lowest BCUT2D eigenvalue weighted by atomic mass is 10.0. The molecule has 3 heteroatoms. The predicted octanol–water partition coefficient (Wildman–Crippen LogP) is 9.44. The highest BCUT2D eigenvalue weighted by Gasteiger charge is 2.32. The molecule has 6 aromatic rings. The van der Waals surface area contributed by atoms with Crippen molar-refractivity contribution < 1.29 is 9.59 Å². The topological polar surface area (TPSA) is 37.4 Å². The van der Waals surface area contributed by atoms with Gasteiger partial charge in [0.2, 0.25) is 0 Å². The first kappa shape index (κ1) is 24.5. The number of Topliss-reactive ketones (excluding diaryl/α,β-unsaturated/α-hetero) is 2. The van der Waals surface area contributed by atoms with Gasteiger partial charge in [0.05, 0.1) is 5.57 Å². The van der Waals surface area contributed by atoms with Crippen LogP contribution < -0.4 is 4.90 Å². The fourth-order valence-electron chi connectivity index (χ4n) is 5.51. The summed E-state index contributed by atoms with van der Waals surface area (Å²) >= 11 is 0. The number of rotatable bonds is 5. The van der Waals surface area contributed by atoms with E-state index in [9.17, 15) is 9.59 Å². The highest BCUT2D eigenvalue weighted by Crippen LogP contribution is 2.37. The molecule has 0 unspecified atom stereocenters. The molecule has 0 fully saturated rings. The minimum absolute atomic E-state index is 0.210. The van der Waals surface area contributed by atoms with Crippen LogP contribution >= 0.6 is 0 Å². The molecule has 0 amide bonds. The van der Waals surface area contributed by atoms with E-state index in [0.29, 0.717) is 11.1 Å². The first-order valence-corrected chi connectivity index (χ1v) is 13.6. The van der Waals surface area contributed by atoms with E-state index in [-0.39, 0.29) is 17.1 Å². The molecule has 0 aromatic heterocycles. The molecule has 41 heavy (non-hydrogen) atoms. The molecular formula is C38H25NO2. The molecule has 0 saturated heterocycles. The molecule has 1 aliphatic rings. The van der Waals surface area contributed by atoms with Crippen LogP contribution in [-0.4, -0.2) is 11.6 Å². The average molecular weight is 528 g/mol. The van der Waals surface area contributed by atoms with Crippen LogP contribution in [-0.2, 0) is 0 Å². The summed E-state index contributed by atoms with van der Waals surface area (Å²) in [5, 5.41) is 2.10. The number of allylic oxidation sites excluding steroid dienone is 1. The third-order valence-electron chi connectivity index (χ3n) is 7.57. The minimum atomic E-state index is -0.210. The van der Waals surface area contributed by atoms with Crippen molar-refractivity contribution in [1.29, 1.82) is 0 Å². The van der Waals surface area contributed by atoms with E-state index in [1.807, 2.05) is 42.5 Å². The van der Waals surface area contributed by atoms with Gasteiger partial charge in [-0.25, -0.2) is 0 Å². The lowest BCUT2D eigenvalue weighted by Gasteiger charge is -2.26. The summed E-state index contributed by atoms with van der Waals surface area (Å²) in [4.78, 5) is 28.0. The van der Waals surface area contributed by atoms with Crippen molar-refractivity contribution in [3.63, 3.8) is 0 Å². The maximum absolute atomic E-state index is 12.9. The van der Waals surface area contributed by atoms with Gasteiger partial charge in [0, 0.05) is 28.2 Å². The largest absolute Gasteiger partial charge is 0.310 e. The quantitative estimate of drug-likeness (QED) is 0.166. The standard InChI is InChI=1S/C38H25NO2/c40-37-34-13-7-8-14-35(34)38(41)36(37)24-26-15-16-30-25-33(22-19-29(30)23-26)39(31-11-5-2-6-12-31)32-20-17-28(18-21-32)27-9-3-1-4-10-27/h1-25H.